The lowest BCUT2D eigenvalue weighted by molar-refractivity contribution is -0.00233. The molecule has 0 fully saturated rings. The summed E-state index contributed by atoms with van der Waals surface area (Å²) in [4.78, 5) is 10.7. The Morgan fingerprint density at radius 2 is 1.79 bits per heavy atom. The minimum Gasteiger partial charge on any atom is -0.507 e. The highest BCUT2D eigenvalue weighted by molar-refractivity contribution is 5.55. The van der Waals surface area contributed by atoms with Gasteiger partial charge in [0.1, 0.15) is 23.3 Å². The topological polar surface area (TPSA) is 140 Å². The second-order valence-electron chi connectivity index (χ2n) is 5.22. The highest BCUT2D eigenvalue weighted by Gasteiger charge is 2.25. The monoisotopic (exact) mass is 335 g/mol. The Balaban J connectivity index is 2.45. The van der Waals surface area contributed by atoms with Crippen molar-refractivity contribution in [3.8, 4) is 23.0 Å². The van der Waals surface area contributed by atoms with Crippen LogP contribution in [0.25, 0.3) is 0 Å². The molecule has 128 valence electrons. The summed E-state index contributed by atoms with van der Waals surface area (Å²) in [5.74, 6) is -0.909. The first-order valence-electron chi connectivity index (χ1n) is 7.01. The lowest BCUT2D eigenvalue weighted by Crippen LogP contribution is -2.27. The van der Waals surface area contributed by atoms with E-state index in [9.17, 15) is 30.4 Å². The normalized spacial score (nSPS) is 13.3. The molecule has 0 aliphatic rings. The number of aromatic hydroxyl groups is 3. The third-order valence-electron chi connectivity index (χ3n) is 3.54. The van der Waals surface area contributed by atoms with Crippen molar-refractivity contribution in [2.45, 2.75) is 19.1 Å². The summed E-state index contributed by atoms with van der Waals surface area (Å²) in [7, 11) is 0. The molecule has 0 amide bonds. The maximum absolute atomic E-state index is 10.7. The Bertz CT molecular complexity index is 747. The van der Waals surface area contributed by atoms with E-state index in [4.69, 9.17) is 4.74 Å². The van der Waals surface area contributed by atoms with Crippen molar-refractivity contribution in [1.82, 2.24) is 0 Å². The highest BCUT2D eigenvalue weighted by atomic mass is 16.5. The van der Waals surface area contributed by atoms with Gasteiger partial charge in [-0.3, -0.25) is 0 Å². The molecule has 2 atom stereocenters. The number of benzene rings is 2. The minimum absolute atomic E-state index is 0.0705. The van der Waals surface area contributed by atoms with Gasteiger partial charge in [0, 0.05) is 17.7 Å². The minimum atomic E-state index is -1.36. The molecule has 0 aromatic heterocycles. The van der Waals surface area contributed by atoms with Gasteiger partial charge in [-0.25, -0.2) is 0 Å². The molecule has 0 aliphatic carbocycles. The number of aliphatic hydroxyl groups is 2. The Hall–Kier alpha value is -2.84. The van der Waals surface area contributed by atoms with Gasteiger partial charge in [-0.15, -0.1) is 4.91 Å². The van der Waals surface area contributed by atoms with E-state index in [0.717, 1.165) is 0 Å². The maximum Gasteiger partial charge on any atom is 0.157 e. The fraction of sp³-hybridized carbons (Fsp3) is 0.250. The lowest BCUT2D eigenvalue weighted by Gasteiger charge is -2.25. The third kappa shape index (κ3) is 3.55. The van der Waals surface area contributed by atoms with Crippen LogP contribution in [-0.4, -0.2) is 38.2 Å². The molecule has 0 heterocycles. The van der Waals surface area contributed by atoms with Crippen LogP contribution in [0.4, 0.5) is 5.69 Å². The molecule has 0 saturated carbocycles. The number of nitroso groups, excluding NO2 is 1. The van der Waals surface area contributed by atoms with Crippen molar-refractivity contribution in [2.24, 2.45) is 5.18 Å². The highest BCUT2D eigenvalue weighted by Crippen LogP contribution is 2.37. The summed E-state index contributed by atoms with van der Waals surface area (Å²) in [6.45, 7) is 0.902. The smallest absolute Gasteiger partial charge is 0.157 e. The van der Waals surface area contributed by atoms with E-state index in [1.165, 1.54) is 37.3 Å². The van der Waals surface area contributed by atoms with E-state index in [0.29, 0.717) is 5.56 Å². The molecule has 0 aliphatic heterocycles. The van der Waals surface area contributed by atoms with Crippen LogP contribution in [0, 0.1) is 11.8 Å². The van der Waals surface area contributed by atoms with E-state index in [1.807, 2.05) is 0 Å². The molecule has 2 unspecified atom stereocenters. The third-order valence-corrected chi connectivity index (χ3v) is 3.54. The molecule has 2 rings (SSSR count). The SMILES string of the molecule is Cc1c(O)cc(N=O)cc1OC(c1ccc(O)c(O)c1)C(O)CO. The number of phenols is 3. The molecule has 5 N–H and O–H groups in total. The molecule has 0 bridgehead atoms. The molecule has 0 saturated heterocycles. The van der Waals surface area contributed by atoms with Gasteiger partial charge in [-0.05, 0) is 29.8 Å². The number of hydrogen-bond acceptors (Lipinski definition) is 8. The second kappa shape index (κ2) is 7.16. The van der Waals surface area contributed by atoms with Gasteiger partial charge in [0.2, 0.25) is 0 Å². The lowest BCUT2D eigenvalue weighted by atomic mass is 10.0. The molecule has 8 nitrogen and oxygen atoms in total. The summed E-state index contributed by atoms with van der Waals surface area (Å²) in [5, 5.41) is 50.8. The Morgan fingerprint density at radius 1 is 1.08 bits per heavy atom. The average molecular weight is 335 g/mol. The van der Waals surface area contributed by atoms with Gasteiger partial charge in [0.25, 0.3) is 0 Å². The fourth-order valence-electron chi connectivity index (χ4n) is 2.15. The van der Waals surface area contributed by atoms with E-state index in [1.54, 1.807) is 0 Å². The van der Waals surface area contributed by atoms with Crippen LogP contribution in [0.3, 0.4) is 0 Å². The molecule has 0 spiro atoms. The zero-order valence-electron chi connectivity index (χ0n) is 12.7. The quantitative estimate of drug-likeness (QED) is 0.401. The van der Waals surface area contributed by atoms with Crippen LogP contribution in [-0.2, 0) is 0 Å². The van der Waals surface area contributed by atoms with Crippen molar-refractivity contribution in [1.29, 1.82) is 0 Å². The molecule has 24 heavy (non-hydrogen) atoms. The Labute approximate surface area is 137 Å². The maximum atomic E-state index is 10.7. The largest absolute Gasteiger partial charge is 0.507 e. The van der Waals surface area contributed by atoms with Crippen molar-refractivity contribution in [3.05, 3.63) is 46.4 Å². The zero-order chi connectivity index (χ0) is 17.9. The van der Waals surface area contributed by atoms with Gasteiger partial charge >= 0.3 is 0 Å². The summed E-state index contributed by atoms with van der Waals surface area (Å²) < 4.78 is 5.64. The van der Waals surface area contributed by atoms with E-state index in [2.05, 4.69) is 5.18 Å². The van der Waals surface area contributed by atoms with Crippen LogP contribution < -0.4 is 4.74 Å². The molecule has 0 radical (unpaired) electrons. The second-order valence-corrected chi connectivity index (χ2v) is 5.22. The van der Waals surface area contributed by atoms with Crippen LogP contribution in [0.2, 0.25) is 0 Å². The molecular weight excluding hydrogens is 318 g/mol. The molecule has 8 heteroatoms. The van der Waals surface area contributed by atoms with Crippen molar-refractivity contribution < 1.29 is 30.3 Å². The van der Waals surface area contributed by atoms with Gasteiger partial charge in [-0.2, -0.15) is 0 Å². The first kappa shape index (κ1) is 17.5. The number of ether oxygens (including phenoxy) is 1. The number of phenolic OH excluding ortho intramolecular Hbond substituents is 3. The van der Waals surface area contributed by atoms with Gasteiger partial charge in [0.15, 0.2) is 17.6 Å². The van der Waals surface area contributed by atoms with Gasteiger partial charge < -0.3 is 30.3 Å². The average Bonchev–Trinajstić information content (AvgIpc) is 2.57. The Kier molecular flexibility index (Phi) is 5.22. The number of aliphatic hydroxyl groups excluding tert-OH is 2. The summed E-state index contributed by atoms with van der Waals surface area (Å²) in [6, 6.07) is 6.23. The van der Waals surface area contributed by atoms with Crippen LogP contribution in [0.5, 0.6) is 23.0 Å². The number of nitrogens with zero attached hydrogens (tertiary/aromatic N) is 1. The van der Waals surface area contributed by atoms with E-state index < -0.39 is 24.6 Å². The fourth-order valence-corrected chi connectivity index (χ4v) is 2.15. The van der Waals surface area contributed by atoms with Crippen molar-refractivity contribution in [2.75, 3.05) is 6.61 Å². The number of hydrogen-bond donors (Lipinski definition) is 5. The number of rotatable bonds is 6. The summed E-state index contributed by atoms with van der Waals surface area (Å²) >= 11 is 0. The van der Waals surface area contributed by atoms with E-state index >= 15 is 0 Å². The molecule has 2 aromatic carbocycles. The van der Waals surface area contributed by atoms with Crippen molar-refractivity contribution in [3.63, 3.8) is 0 Å². The van der Waals surface area contributed by atoms with Crippen LogP contribution in [0.15, 0.2) is 35.5 Å². The predicted octanol–water partition coefficient (Wildman–Crippen LogP) is 1.98. The molecular formula is C16H17NO7. The Morgan fingerprint density at radius 3 is 2.38 bits per heavy atom. The predicted molar refractivity (Wildman–Crippen MR) is 84.5 cm³/mol. The van der Waals surface area contributed by atoms with Gasteiger partial charge in [-0.1, -0.05) is 6.07 Å². The molecule has 2 aromatic rings. The standard InChI is InChI=1S/C16H17NO7/c1-8-12(20)5-10(17-23)6-15(8)24-16(14(22)7-18)9-2-3-11(19)13(21)4-9/h2-6,14,16,18-22H,7H2,1H3. The van der Waals surface area contributed by atoms with Gasteiger partial charge in [0.05, 0.1) is 6.61 Å². The van der Waals surface area contributed by atoms with E-state index in [-0.39, 0.29) is 28.5 Å². The summed E-state index contributed by atoms with van der Waals surface area (Å²) in [5.41, 5.74) is 0.509. The first-order chi connectivity index (χ1) is 11.4. The first-order valence-corrected chi connectivity index (χ1v) is 7.01. The summed E-state index contributed by atoms with van der Waals surface area (Å²) in [6.07, 6.45) is -2.48. The van der Waals surface area contributed by atoms with Crippen LogP contribution >= 0.6 is 0 Å². The van der Waals surface area contributed by atoms with Crippen molar-refractivity contribution >= 4 is 5.69 Å². The van der Waals surface area contributed by atoms with Crippen LogP contribution in [0.1, 0.15) is 17.2 Å². The zero-order valence-corrected chi connectivity index (χ0v) is 12.7.